The molecule has 1 aliphatic heterocycles. The number of aliphatic imine (C=N–C) groups is 1. The van der Waals surface area contributed by atoms with E-state index in [1.165, 1.54) is 6.92 Å². The number of alkyl halides is 1. The highest BCUT2D eigenvalue weighted by Gasteiger charge is 2.44. The fraction of sp³-hybridized carbons (Fsp3) is 0.364. The molecule has 2 atom stereocenters. The first kappa shape index (κ1) is 13.2. The Kier molecular flexibility index (Phi) is 3.09. The van der Waals surface area contributed by atoms with Gasteiger partial charge >= 0.3 is 0 Å². The number of nitro groups is 1. The van der Waals surface area contributed by atoms with E-state index in [-0.39, 0.29) is 23.8 Å². The van der Waals surface area contributed by atoms with Gasteiger partial charge in [-0.25, -0.2) is 13.8 Å². The number of benzene rings is 1. The van der Waals surface area contributed by atoms with Gasteiger partial charge in [0.25, 0.3) is 11.7 Å². The maximum atomic E-state index is 14.0. The van der Waals surface area contributed by atoms with Crippen molar-refractivity contribution in [2.75, 3.05) is 6.54 Å². The Bertz CT molecular complexity index is 564. The normalized spacial score (nSPS) is 26.5. The third kappa shape index (κ3) is 2.20. The predicted octanol–water partition coefficient (Wildman–Crippen LogP) is 1.63. The van der Waals surface area contributed by atoms with Crippen LogP contribution in [0.4, 0.5) is 14.5 Å². The van der Waals surface area contributed by atoms with E-state index in [1.54, 1.807) is 0 Å². The molecule has 0 aliphatic carbocycles. The fourth-order valence-electron chi connectivity index (χ4n) is 1.89. The first-order chi connectivity index (χ1) is 8.84. The predicted molar refractivity (Wildman–Crippen MR) is 62.9 cm³/mol. The van der Waals surface area contributed by atoms with Crippen LogP contribution in [0.25, 0.3) is 0 Å². The van der Waals surface area contributed by atoms with Gasteiger partial charge in [-0.1, -0.05) is 0 Å². The second-order valence-corrected chi connectivity index (χ2v) is 4.28. The number of hydrogen-bond donors (Lipinski definition) is 1. The summed E-state index contributed by atoms with van der Waals surface area (Å²) < 4.78 is 32.9. The molecular formula is C11H11F2N3O3. The Balaban J connectivity index is 2.53. The molecule has 1 aliphatic rings. The van der Waals surface area contributed by atoms with Crippen LogP contribution >= 0.6 is 0 Å². The van der Waals surface area contributed by atoms with Gasteiger partial charge in [0.2, 0.25) is 0 Å². The number of non-ortho nitro benzene ring substituents is 1. The van der Waals surface area contributed by atoms with Gasteiger partial charge in [0.15, 0.2) is 11.8 Å². The Labute approximate surface area is 107 Å². The molecule has 102 valence electrons. The van der Waals surface area contributed by atoms with Crippen molar-refractivity contribution < 1.29 is 18.4 Å². The number of amidine groups is 1. The summed E-state index contributed by atoms with van der Waals surface area (Å²) in [5.41, 5.74) is 3.02. The van der Waals surface area contributed by atoms with Crippen LogP contribution in [-0.2, 0) is 10.3 Å². The SMILES string of the molecule is C[C@]1(c2cc([N+](=O)[O-])ccc2F)OC(N)=NC[C@@H]1F. The summed E-state index contributed by atoms with van der Waals surface area (Å²) in [6, 6.07) is 2.56. The van der Waals surface area contributed by atoms with Crippen molar-refractivity contribution in [2.45, 2.75) is 18.7 Å². The molecule has 0 saturated heterocycles. The Morgan fingerprint density at radius 2 is 2.32 bits per heavy atom. The van der Waals surface area contributed by atoms with Crippen LogP contribution in [0.5, 0.6) is 0 Å². The van der Waals surface area contributed by atoms with Crippen molar-refractivity contribution in [1.29, 1.82) is 0 Å². The second-order valence-electron chi connectivity index (χ2n) is 4.28. The van der Waals surface area contributed by atoms with Crippen LogP contribution in [-0.4, -0.2) is 23.7 Å². The molecule has 0 bridgehead atoms. The highest BCUT2D eigenvalue weighted by molar-refractivity contribution is 5.73. The van der Waals surface area contributed by atoms with Gasteiger partial charge in [-0.2, -0.15) is 0 Å². The smallest absolute Gasteiger partial charge is 0.283 e. The van der Waals surface area contributed by atoms with Crippen molar-refractivity contribution >= 4 is 11.7 Å². The Morgan fingerprint density at radius 1 is 1.63 bits per heavy atom. The zero-order valence-corrected chi connectivity index (χ0v) is 9.97. The third-order valence-electron chi connectivity index (χ3n) is 3.02. The second kappa shape index (κ2) is 4.45. The summed E-state index contributed by atoms with van der Waals surface area (Å²) in [7, 11) is 0. The Hall–Kier alpha value is -2.25. The molecule has 0 saturated carbocycles. The monoisotopic (exact) mass is 271 g/mol. The average molecular weight is 271 g/mol. The number of ether oxygens (including phenoxy) is 1. The van der Waals surface area contributed by atoms with Gasteiger partial charge in [0, 0.05) is 17.7 Å². The van der Waals surface area contributed by atoms with E-state index in [0.29, 0.717) is 0 Å². The van der Waals surface area contributed by atoms with Crippen molar-refractivity contribution in [2.24, 2.45) is 10.7 Å². The summed E-state index contributed by atoms with van der Waals surface area (Å²) in [6.45, 7) is 0.992. The van der Waals surface area contributed by atoms with Crippen molar-refractivity contribution in [1.82, 2.24) is 0 Å². The van der Waals surface area contributed by atoms with Gasteiger partial charge < -0.3 is 10.5 Å². The molecule has 8 heteroatoms. The molecule has 6 nitrogen and oxygen atoms in total. The lowest BCUT2D eigenvalue weighted by Gasteiger charge is -2.35. The highest BCUT2D eigenvalue weighted by Crippen LogP contribution is 2.36. The third-order valence-corrected chi connectivity index (χ3v) is 3.02. The number of nitrogens with two attached hydrogens (primary N) is 1. The molecule has 2 N–H and O–H groups in total. The number of halogens is 2. The molecule has 0 spiro atoms. The van der Waals surface area contributed by atoms with Gasteiger partial charge in [0.05, 0.1) is 11.5 Å². The Morgan fingerprint density at radius 3 is 2.95 bits per heavy atom. The standard InChI is InChI=1S/C11H11F2N3O3/c1-11(9(13)5-15-10(14)19-11)7-4-6(16(17)18)2-3-8(7)12/h2-4,9H,5H2,1H3,(H2,14,15)/t9-,11+/m0/s1. The molecule has 19 heavy (non-hydrogen) atoms. The maximum absolute atomic E-state index is 14.0. The molecule has 1 heterocycles. The van der Waals surface area contributed by atoms with Crippen LogP contribution in [0.1, 0.15) is 12.5 Å². The van der Waals surface area contributed by atoms with Crippen LogP contribution in [0.2, 0.25) is 0 Å². The van der Waals surface area contributed by atoms with Gasteiger partial charge in [0.1, 0.15) is 5.82 Å². The van der Waals surface area contributed by atoms with E-state index in [9.17, 15) is 18.9 Å². The van der Waals surface area contributed by atoms with Crippen molar-refractivity contribution in [3.05, 3.63) is 39.7 Å². The molecule has 2 rings (SSSR count). The number of nitrogens with zero attached hydrogens (tertiary/aromatic N) is 2. The van der Waals surface area contributed by atoms with Crippen LogP contribution in [0, 0.1) is 15.9 Å². The first-order valence-corrected chi connectivity index (χ1v) is 5.42. The molecule has 1 aromatic rings. The van der Waals surface area contributed by atoms with Gasteiger partial charge in [-0.05, 0) is 13.0 Å². The van der Waals surface area contributed by atoms with Crippen molar-refractivity contribution in [3.63, 3.8) is 0 Å². The highest BCUT2D eigenvalue weighted by atomic mass is 19.1. The van der Waals surface area contributed by atoms with E-state index in [1.807, 2.05) is 0 Å². The lowest BCUT2D eigenvalue weighted by molar-refractivity contribution is -0.385. The summed E-state index contributed by atoms with van der Waals surface area (Å²) >= 11 is 0. The molecule has 0 amide bonds. The summed E-state index contributed by atoms with van der Waals surface area (Å²) in [4.78, 5) is 13.6. The molecular weight excluding hydrogens is 260 g/mol. The quantitative estimate of drug-likeness (QED) is 0.653. The van der Waals surface area contributed by atoms with Crippen LogP contribution in [0.3, 0.4) is 0 Å². The maximum Gasteiger partial charge on any atom is 0.283 e. The lowest BCUT2D eigenvalue weighted by Crippen LogP contribution is -2.46. The molecule has 0 fully saturated rings. The number of hydrogen-bond acceptors (Lipinski definition) is 5. The summed E-state index contributed by atoms with van der Waals surface area (Å²) in [5.74, 6) is -0.801. The minimum atomic E-state index is -1.73. The number of rotatable bonds is 2. The lowest BCUT2D eigenvalue weighted by atomic mass is 9.89. The number of nitro benzene ring substituents is 1. The van der Waals surface area contributed by atoms with Crippen LogP contribution < -0.4 is 5.73 Å². The zero-order chi connectivity index (χ0) is 14.2. The van der Waals surface area contributed by atoms with Crippen LogP contribution in [0.15, 0.2) is 23.2 Å². The van der Waals surface area contributed by atoms with E-state index < -0.39 is 22.5 Å². The fourth-order valence-corrected chi connectivity index (χ4v) is 1.89. The van der Waals surface area contributed by atoms with E-state index >= 15 is 0 Å². The zero-order valence-electron chi connectivity index (χ0n) is 9.97. The average Bonchev–Trinajstić information content (AvgIpc) is 2.34. The minimum absolute atomic E-state index is 0.257. The van der Waals surface area contributed by atoms with E-state index in [2.05, 4.69) is 4.99 Å². The summed E-state index contributed by atoms with van der Waals surface area (Å²) in [5, 5.41) is 10.7. The molecule has 0 radical (unpaired) electrons. The van der Waals surface area contributed by atoms with Crippen molar-refractivity contribution in [3.8, 4) is 0 Å². The molecule has 1 aromatic carbocycles. The van der Waals surface area contributed by atoms with Gasteiger partial charge in [-0.3, -0.25) is 10.1 Å². The van der Waals surface area contributed by atoms with E-state index in [4.69, 9.17) is 10.5 Å². The molecule has 0 aromatic heterocycles. The topological polar surface area (TPSA) is 90.8 Å². The minimum Gasteiger partial charge on any atom is -0.451 e. The summed E-state index contributed by atoms with van der Waals surface area (Å²) in [6.07, 6.45) is -1.66. The molecule has 0 unspecified atom stereocenters. The van der Waals surface area contributed by atoms with E-state index in [0.717, 1.165) is 18.2 Å². The first-order valence-electron chi connectivity index (χ1n) is 5.42. The van der Waals surface area contributed by atoms with Gasteiger partial charge in [-0.15, -0.1) is 0 Å². The largest absolute Gasteiger partial charge is 0.451 e.